The van der Waals surface area contributed by atoms with Crippen molar-refractivity contribution in [2.24, 2.45) is 5.92 Å². The first-order valence-electron chi connectivity index (χ1n) is 6.79. The lowest BCUT2D eigenvalue weighted by molar-refractivity contribution is 0.116. The van der Waals surface area contributed by atoms with Crippen molar-refractivity contribution in [1.82, 2.24) is 10.1 Å². The summed E-state index contributed by atoms with van der Waals surface area (Å²) in [4.78, 5) is 2.50. The van der Waals surface area contributed by atoms with Crippen LogP contribution in [-0.2, 0) is 6.61 Å². The van der Waals surface area contributed by atoms with Crippen LogP contribution in [0.1, 0.15) is 36.6 Å². The van der Waals surface area contributed by atoms with E-state index in [0.29, 0.717) is 11.7 Å². The fourth-order valence-corrected chi connectivity index (χ4v) is 2.89. The molecular formula is C14H20N2O2. The Bertz CT molecular complexity index is 421. The van der Waals surface area contributed by atoms with Gasteiger partial charge in [0.05, 0.1) is 5.69 Å². The number of rotatable bonds is 4. The maximum absolute atomic E-state index is 8.94. The maximum atomic E-state index is 8.94. The zero-order valence-corrected chi connectivity index (χ0v) is 10.6. The van der Waals surface area contributed by atoms with Crippen LogP contribution < -0.4 is 0 Å². The number of likely N-dealkylation sites (tertiary alicyclic amines) is 1. The second kappa shape index (κ2) is 5.24. The van der Waals surface area contributed by atoms with E-state index in [1.807, 2.05) is 6.07 Å². The van der Waals surface area contributed by atoms with Crippen molar-refractivity contribution in [3.63, 3.8) is 0 Å². The van der Waals surface area contributed by atoms with Crippen molar-refractivity contribution < 1.29 is 9.63 Å². The first-order chi connectivity index (χ1) is 8.85. The SMILES string of the molecule is OCc1cc(C2CN(CC3CC=CCC3)C2)no1. The van der Waals surface area contributed by atoms with E-state index in [1.165, 1.54) is 25.8 Å². The molecule has 2 aliphatic rings. The largest absolute Gasteiger partial charge is 0.388 e. The van der Waals surface area contributed by atoms with Crippen molar-refractivity contribution in [2.45, 2.75) is 31.8 Å². The summed E-state index contributed by atoms with van der Waals surface area (Å²) in [5, 5.41) is 13.0. The van der Waals surface area contributed by atoms with Gasteiger partial charge in [-0.15, -0.1) is 0 Å². The van der Waals surface area contributed by atoms with Gasteiger partial charge in [0.2, 0.25) is 0 Å². The van der Waals surface area contributed by atoms with Gasteiger partial charge in [0.25, 0.3) is 0 Å². The number of hydrogen-bond donors (Lipinski definition) is 1. The van der Waals surface area contributed by atoms with Crippen molar-refractivity contribution in [3.8, 4) is 0 Å². The molecule has 0 radical (unpaired) electrons. The molecular weight excluding hydrogens is 228 g/mol. The van der Waals surface area contributed by atoms with Gasteiger partial charge in [0, 0.05) is 31.6 Å². The van der Waals surface area contributed by atoms with E-state index < -0.39 is 0 Å². The van der Waals surface area contributed by atoms with E-state index in [0.717, 1.165) is 24.7 Å². The lowest BCUT2D eigenvalue weighted by Gasteiger charge is -2.40. The third-order valence-corrected chi connectivity index (χ3v) is 4.00. The molecule has 1 fully saturated rings. The van der Waals surface area contributed by atoms with Gasteiger partial charge in [-0.2, -0.15) is 0 Å². The van der Waals surface area contributed by atoms with Crippen LogP contribution in [0.3, 0.4) is 0 Å². The van der Waals surface area contributed by atoms with Crippen molar-refractivity contribution in [2.75, 3.05) is 19.6 Å². The van der Waals surface area contributed by atoms with Crippen molar-refractivity contribution in [1.29, 1.82) is 0 Å². The minimum absolute atomic E-state index is 0.0577. The third-order valence-electron chi connectivity index (χ3n) is 4.00. The molecule has 0 amide bonds. The fourth-order valence-electron chi connectivity index (χ4n) is 2.89. The molecule has 1 N–H and O–H groups in total. The number of hydrogen-bond acceptors (Lipinski definition) is 4. The molecule has 98 valence electrons. The summed E-state index contributed by atoms with van der Waals surface area (Å²) in [6.45, 7) is 3.32. The molecule has 0 bridgehead atoms. The van der Waals surface area contributed by atoms with Gasteiger partial charge >= 0.3 is 0 Å². The van der Waals surface area contributed by atoms with Crippen molar-refractivity contribution >= 4 is 0 Å². The minimum Gasteiger partial charge on any atom is -0.388 e. The summed E-state index contributed by atoms with van der Waals surface area (Å²) in [5.74, 6) is 1.90. The minimum atomic E-state index is -0.0577. The lowest BCUT2D eigenvalue weighted by Crippen LogP contribution is -2.47. The van der Waals surface area contributed by atoms with Crippen LogP contribution in [0.4, 0.5) is 0 Å². The summed E-state index contributed by atoms with van der Waals surface area (Å²) in [7, 11) is 0. The van der Waals surface area contributed by atoms with E-state index in [-0.39, 0.29) is 6.61 Å². The van der Waals surface area contributed by atoms with Crippen LogP contribution >= 0.6 is 0 Å². The van der Waals surface area contributed by atoms with Crippen LogP contribution in [0, 0.1) is 5.92 Å². The second-order valence-electron chi connectivity index (χ2n) is 5.44. The smallest absolute Gasteiger partial charge is 0.162 e. The summed E-state index contributed by atoms with van der Waals surface area (Å²) in [5.41, 5.74) is 0.999. The maximum Gasteiger partial charge on any atom is 0.162 e. The van der Waals surface area contributed by atoms with E-state index in [4.69, 9.17) is 9.63 Å². The van der Waals surface area contributed by atoms with Gasteiger partial charge in [-0.3, -0.25) is 0 Å². The Kier molecular flexibility index (Phi) is 3.48. The molecule has 1 unspecified atom stereocenters. The van der Waals surface area contributed by atoms with Crippen LogP contribution in [0.2, 0.25) is 0 Å². The van der Waals surface area contributed by atoms with Crippen LogP contribution in [0.15, 0.2) is 22.7 Å². The Hall–Kier alpha value is -1.13. The molecule has 1 aromatic heterocycles. The van der Waals surface area contributed by atoms with Gasteiger partial charge in [-0.1, -0.05) is 17.3 Å². The first kappa shape index (κ1) is 11.9. The Balaban J connectivity index is 1.46. The number of aromatic nitrogens is 1. The Morgan fingerprint density at radius 1 is 1.39 bits per heavy atom. The van der Waals surface area contributed by atoms with E-state index in [2.05, 4.69) is 22.2 Å². The van der Waals surface area contributed by atoms with Crippen molar-refractivity contribution in [3.05, 3.63) is 29.7 Å². The van der Waals surface area contributed by atoms with Crippen LogP contribution in [0.25, 0.3) is 0 Å². The molecule has 18 heavy (non-hydrogen) atoms. The highest BCUT2D eigenvalue weighted by molar-refractivity contribution is 5.14. The molecule has 3 rings (SSSR count). The van der Waals surface area contributed by atoms with Gasteiger partial charge in [-0.05, 0) is 25.2 Å². The predicted octanol–water partition coefficient (Wildman–Crippen LogP) is 1.92. The van der Waals surface area contributed by atoms with Gasteiger partial charge < -0.3 is 14.5 Å². The average Bonchev–Trinajstić information content (AvgIpc) is 2.83. The van der Waals surface area contributed by atoms with Crippen LogP contribution in [0.5, 0.6) is 0 Å². The molecule has 1 saturated heterocycles. The highest BCUT2D eigenvalue weighted by Gasteiger charge is 2.31. The molecule has 4 nitrogen and oxygen atoms in total. The van der Waals surface area contributed by atoms with Gasteiger partial charge in [0.1, 0.15) is 6.61 Å². The number of aliphatic hydroxyl groups excluding tert-OH is 1. The summed E-state index contributed by atoms with van der Waals surface area (Å²) in [6.07, 6.45) is 8.42. The average molecular weight is 248 g/mol. The Labute approximate surface area is 107 Å². The zero-order chi connectivity index (χ0) is 12.4. The quantitative estimate of drug-likeness (QED) is 0.827. The third kappa shape index (κ3) is 2.49. The monoisotopic (exact) mass is 248 g/mol. The summed E-state index contributed by atoms with van der Waals surface area (Å²) in [6, 6.07) is 1.88. The normalized spacial score (nSPS) is 25.3. The molecule has 1 aliphatic heterocycles. The molecule has 1 aromatic rings. The lowest BCUT2D eigenvalue weighted by atomic mass is 9.90. The summed E-state index contributed by atoms with van der Waals surface area (Å²) < 4.78 is 5.03. The van der Waals surface area contributed by atoms with E-state index in [9.17, 15) is 0 Å². The van der Waals surface area contributed by atoms with Gasteiger partial charge in [-0.25, -0.2) is 0 Å². The molecule has 0 aromatic carbocycles. The standard InChI is InChI=1S/C14H20N2O2/c17-10-13-6-14(15-18-13)12-8-16(9-12)7-11-4-2-1-3-5-11/h1-2,6,11-12,17H,3-5,7-10H2. The first-order valence-corrected chi connectivity index (χ1v) is 6.79. The van der Waals surface area contributed by atoms with E-state index >= 15 is 0 Å². The second-order valence-corrected chi connectivity index (χ2v) is 5.44. The molecule has 2 heterocycles. The number of nitrogens with zero attached hydrogens (tertiary/aromatic N) is 2. The Morgan fingerprint density at radius 2 is 2.28 bits per heavy atom. The molecule has 1 atom stereocenters. The molecule has 0 spiro atoms. The molecule has 1 aliphatic carbocycles. The predicted molar refractivity (Wildman–Crippen MR) is 68.1 cm³/mol. The molecule has 0 saturated carbocycles. The number of allylic oxidation sites excluding steroid dienone is 2. The molecule has 4 heteroatoms. The fraction of sp³-hybridized carbons (Fsp3) is 0.643. The zero-order valence-electron chi connectivity index (χ0n) is 10.6. The highest BCUT2D eigenvalue weighted by atomic mass is 16.5. The highest BCUT2D eigenvalue weighted by Crippen LogP contribution is 2.29. The number of aliphatic hydroxyl groups is 1. The van der Waals surface area contributed by atoms with E-state index in [1.54, 1.807) is 0 Å². The topological polar surface area (TPSA) is 49.5 Å². The Morgan fingerprint density at radius 3 is 2.94 bits per heavy atom. The van der Waals surface area contributed by atoms with Gasteiger partial charge in [0.15, 0.2) is 5.76 Å². The summed E-state index contributed by atoms with van der Waals surface area (Å²) >= 11 is 0. The van der Waals surface area contributed by atoms with Crippen LogP contribution in [-0.4, -0.2) is 34.8 Å².